The smallest absolute Gasteiger partial charge is 0.169 e. The number of methoxy groups -OCH3 is 1. The van der Waals surface area contributed by atoms with Gasteiger partial charge in [0.2, 0.25) is 0 Å². The van der Waals surface area contributed by atoms with Crippen LogP contribution in [0.3, 0.4) is 0 Å². The van der Waals surface area contributed by atoms with Gasteiger partial charge in [-0.15, -0.1) is 0 Å². The van der Waals surface area contributed by atoms with Gasteiger partial charge in [0.15, 0.2) is 5.11 Å². The van der Waals surface area contributed by atoms with Gasteiger partial charge in [-0.05, 0) is 47.3 Å². The molecule has 0 bridgehead atoms. The van der Waals surface area contributed by atoms with Crippen molar-refractivity contribution in [3.63, 3.8) is 0 Å². The van der Waals surface area contributed by atoms with Gasteiger partial charge in [0, 0.05) is 26.7 Å². The number of piperidine rings is 1. The van der Waals surface area contributed by atoms with Crippen molar-refractivity contribution >= 4 is 28.1 Å². The first kappa shape index (κ1) is 16.2. The molecule has 3 nitrogen and oxygen atoms in total. The molecule has 1 heterocycles. The lowest BCUT2D eigenvalue weighted by Crippen LogP contribution is -2.44. The quantitative estimate of drug-likeness (QED) is 0.685. The molecule has 1 aliphatic heterocycles. The van der Waals surface area contributed by atoms with E-state index in [1.54, 1.807) is 7.11 Å². The highest BCUT2D eigenvalue weighted by Crippen LogP contribution is 2.32. The van der Waals surface area contributed by atoms with E-state index in [1.165, 1.54) is 16.3 Å². The molecule has 1 aliphatic rings. The summed E-state index contributed by atoms with van der Waals surface area (Å²) in [6.07, 6.45) is 2.31. The van der Waals surface area contributed by atoms with E-state index in [1.807, 2.05) is 0 Å². The molecule has 3 rings (SSSR count). The van der Waals surface area contributed by atoms with Gasteiger partial charge in [-0.25, -0.2) is 0 Å². The van der Waals surface area contributed by atoms with Crippen molar-refractivity contribution in [2.75, 3.05) is 33.4 Å². The Morgan fingerprint density at radius 1 is 1.17 bits per heavy atom. The number of hydrogen-bond donors (Lipinski definition) is 1. The van der Waals surface area contributed by atoms with Gasteiger partial charge in [-0.2, -0.15) is 0 Å². The lowest BCUT2D eigenvalue weighted by molar-refractivity contribution is 0.202. The fourth-order valence-electron chi connectivity index (χ4n) is 3.37. The molecule has 0 saturated carbocycles. The molecular weight excluding hydrogens is 304 g/mol. The topological polar surface area (TPSA) is 24.5 Å². The fraction of sp³-hybridized carbons (Fsp3) is 0.421. The second-order valence-corrected chi connectivity index (χ2v) is 6.44. The van der Waals surface area contributed by atoms with E-state index < -0.39 is 0 Å². The Labute approximate surface area is 143 Å². The van der Waals surface area contributed by atoms with Gasteiger partial charge in [-0.3, -0.25) is 0 Å². The number of benzene rings is 2. The number of nitrogens with one attached hydrogen (secondary N) is 1. The Morgan fingerprint density at radius 2 is 1.91 bits per heavy atom. The number of ether oxygens (including phenoxy) is 1. The minimum Gasteiger partial charge on any atom is -0.383 e. The van der Waals surface area contributed by atoms with Crippen LogP contribution >= 0.6 is 12.2 Å². The molecule has 0 aromatic heterocycles. The van der Waals surface area contributed by atoms with Crippen LogP contribution in [0.25, 0.3) is 10.8 Å². The standard InChI is InChI=1S/C19H24N2OS/c1-22-14-11-20-19(23)21-12-9-16(10-13-21)18-8-4-6-15-5-2-3-7-17(15)18/h2-8,16H,9-14H2,1H3,(H,20,23). The Bertz CT molecular complexity index is 660. The molecule has 1 N–H and O–H groups in total. The average molecular weight is 328 g/mol. The second kappa shape index (κ2) is 7.75. The first-order chi connectivity index (χ1) is 11.3. The van der Waals surface area contributed by atoms with E-state index in [4.69, 9.17) is 17.0 Å². The van der Waals surface area contributed by atoms with Crippen LogP contribution in [0.5, 0.6) is 0 Å². The van der Waals surface area contributed by atoms with Crippen molar-refractivity contribution < 1.29 is 4.74 Å². The summed E-state index contributed by atoms with van der Waals surface area (Å²) in [6, 6.07) is 15.4. The average Bonchev–Trinajstić information content (AvgIpc) is 2.61. The van der Waals surface area contributed by atoms with Crippen molar-refractivity contribution in [3.05, 3.63) is 48.0 Å². The minimum atomic E-state index is 0.624. The third-order valence-corrected chi connectivity index (χ3v) is 5.03. The Balaban J connectivity index is 1.63. The predicted octanol–water partition coefficient (Wildman–Crippen LogP) is 3.54. The summed E-state index contributed by atoms with van der Waals surface area (Å²) in [6.45, 7) is 3.50. The number of hydrogen-bond acceptors (Lipinski definition) is 2. The van der Waals surface area contributed by atoms with Gasteiger partial charge in [0.25, 0.3) is 0 Å². The van der Waals surface area contributed by atoms with Crippen LogP contribution in [0.2, 0.25) is 0 Å². The summed E-state index contributed by atoms with van der Waals surface area (Å²) in [5.74, 6) is 0.624. The first-order valence-corrected chi connectivity index (χ1v) is 8.70. The summed E-state index contributed by atoms with van der Waals surface area (Å²) >= 11 is 5.48. The van der Waals surface area contributed by atoms with E-state index in [0.29, 0.717) is 12.5 Å². The maximum Gasteiger partial charge on any atom is 0.169 e. The zero-order chi connectivity index (χ0) is 16.1. The molecule has 0 aliphatic carbocycles. The van der Waals surface area contributed by atoms with Gasteiger partial charge in [-0.1, -0.05) is 42.5 Å². The van der Waals surface area contributed by atoms with Crippen molar-refractivity contribution in [3.8, 4) is 0 Å². The number of thiocarbonyl (C=S) groups is 1. The van der Waals surface area contributed by atoms with Crippen LogP contribution in [0, 0.1) is 0 Å². The van der Waals surface area contributed by atoms with Gasteiger partial charge < -0.3 is 15.0 Å². The van der Waals surface area contributed by atoms with Crippen LogP contribution in [-0.2, 0) is 4.74 Å². The molecule has 1 fully saturated rings. The summed E-state index contributed by atoms with van der Waals surface area (Å²) in [7, 11) is 1.71. The second-order valence-electron chi connectivity index (χ2n) is 6.05. The zero-order valence-electron chi connectivity index (χ0n) is 13.6. The summed E-state index contributed by atoms with van der Waals surface area (Å²) < 4.78 is 5.05. The largest absolute Gasteiger partial charge is 0.383 e. The van der Waals surface area contributed by atoms with Crippen molar-refractivity contribution in [1.82, 2.24) is 10.2 Å². The lowest BCUT2D eigenvalue weighted by Gasteiger charge is -2.34. The molecule has 0 atom stereocenters. The Hall–Kier alpha value is -1.65. The van der Waals surface area contributed by atoms with Crippen LogP contribution in [0.1, 0.15) is 24.3 Å². The van der Waals surface area contributed by atoms with Crippen molar-refractivity contribution in [2.24, 2.45) is 0 Å². The zero-order valence-corrected chi connectivity index (χ0v) is 14.4. The van der Waals surface area contributed by atoms with E-state index >= 15 is 0 Å². The van der Waals surface area contributed by atoms with Crippen LogP contribution < -0.4 is 5.32 Å². The number of fused-ring (bicyclic) bond motifs is 1. The summed E-state index contributed by atoms with van der Waals surface area (Å²) in [5.41, 5.74) is 1.49. The molecule has 23 heavy (non-hydrogen) atoms. The third kappa shape index (κ3) is 3.82. The molecule has 2 aromatic rings. The Kier molecular flexibility index (Phi) is 5.47. The maximum atomic E-state index is 5.48. The van der Waals surface area contributed by atoms with Crippen molar-refractivity contribution in [2.45, 2.75) is 18.8 Å². The SMILES string of the molecule is COCCNC(=S)N1CCC(c2cccc3ccccc23)CC1. The van der Waals surface area contributed by atoms with Gasteiger partial charge in [0.1, 0.15) is 0 Å². The number of nitrogens with zero attached hydrogens (tertiary/aromatic N) is 1. The molecule has 4 heteroatoms. The van der Waals surface area contributed by atoms with Crippen LogP contribution in [0.4, 0.5) is 0 Å². The molecule has 2 aromatic carbocycles. The van der Waals surface area contributed by atoms with Crippen molar-refractivity contribution in [1.29, 1.82) is 0 Å². The first-order valence-electron chi connectivity index (χ1n) is 8.29. The van der Waals surface area contributed by atoms with E-state index in [0.717, 1.165) is 37.6 Å². The minimum absolute atomic E-state index is 0.624. The number of likely N-dealkylation sites (tertiary alicyclic amines) is 1. The van der Waals surface area contributed by atoms with Gasteiger partial charge >= 0.3 is 0 Å². The molecule has 0 spiro atoms. The van der Waals surface area contributed by atoms with Gasteiger partial charge in [0.05, 0.1) is 6.61 Å². The van der Waals surface area contributed by atoms with Crippen LogP contribution in [0.15, 0.2) is 42.5 Å². The Morgan fingerprint density at radius 3 is 2.70 bits per heavy atom. The molecular formula is C19H24N2OS. The monoisotopic (exact) mass is 328 g/mol. The molecule has 0 unspecified atom stereocenters. The lowest BCUT2D eigenvalue weighted by atomic mass is 9.86. The number of rotatable bonds is 4. The van der Waals surface area contributed by atoms with Crippen LogP contribution in [-0.4, -0.2) is 43.4 Å². The maximum absolute atomic E-state index is 5.48. The van der Waals surface area contributed by atoms with E-state index in [2.05, 4.69) is 52.7 Å². The molecule has 122 valence electrons. The fourth-order valence-corrected chi connectivity index (χ4v) is 3.66. The third-order valence-electron chi connectivity index (χ3n) is 4.63. The van der Waals surface area contributed by atoms with E-state index in [9.17, 15) is 0 Å². The van der Waals surface area contributed by atoms with E-state index in [-0.39, 0.29) is 0 Å². The highest BCUT2D eigenvalue weighted by Gasteiger charge is 2.23. The summed E-state index contributed by atoms with van der Waals surface area (Å²) in [4.78, 5) is 2.28. The molecule has 1 saturated heterocycles. The predicted molar refractivity (Wildman–Crippen MR) is 100.0 cm³/mol. The summed E-state index contributed by atoms with van der Waals surface area (Å²) in [5, 5.41) is 6.86. The molecule has 0 radical (unpaired) electrons. The normalized spacial score (nSPS) is 15.8. The highest BCUT2D eigenvalue weighted by molar-refractivity contribution is 7.80. The molecule has 0 amide bonds. The highest BCUT2D eigenvalue weighted by atomic mass is 32.1.